The van der Waals surface area contributed by atoms with Gasteiger partial charge in [0.2, 0.25) is 5.90 Å². The van der Waals surface area contributed by atoms with E-state index in [-0.39, 0.29) is 0 Å². The standard InChI is InChI=1S/C10H13NO.C2H6/c1-4-5-6-9-7-11-10(12-3)8(9)2;1-2/h4-6H,1,7H2,2-3H3;1-2H3/b6-5-;. The maximum absolute atomic E-state index is 5.07. The van der Waals surface area contributed by atoms with Gasteiger partial charge in [0, 0.05) is 5.57 Å². The zero-order valence-electron chi connectivity index (χ0n) is 9.50. The van der Waals surface area contributed by atoms with Crippen LogP contribution in [0.5, 0.6) is 0 Å². The van der Waals surface area contributed by atoms with Crippen molar-refractivity contribution < 1.29 is 4.74 Å². The number of methoxy groups -OCH3 is 1. The van der Waals surface area contributed by atoms with Crippen molar-refractivity contribution >= 4 is 5.90 Å². The first kappa shape index (κ1) is 12.7. The fourth-order valence-corrected chi connectivity index (χ4v) is 1.11. The third-order valence-electron chi connectivity index (χ3n) is 1.82. The smallest absolute Gasteiger partial charge is 0.211 e. The Morgan fingerprint density at radius 2 is 2.07 bits per heavy atom. The number of ether oxygens (including phenoxy) is 1. The van der Waals surface area contributed by atoms with Gasteiger partial charge < -0.3 is 4.74 Å². The predicted octanol–water partition coefficient (Wildman–Crippen LogP) is 3.13. The summed E-state index contributed by atoms with van der Waals surface area (Å²) in [5.74, 6) is 0.749. The third kappa shape index (κ3) is 3.21. The minimum atomic E-state index is 0.722. The molecule has 1 rings (SSSR count). The highest BCUT2D eigenvalue weighted by Crippen LogP contribution is 2.16. The molecule has 0 N–H and O–H groups in total. The number of rotatable bonds is 2. The van der Waals surface area contributed by atoms with Crippen molar-refractivity contribution in [2.24, 2.45) is 4.99 Å². The lowest BCUT2D eigenvalue weighted by atomic mass is 10.1. The van der Waals surface area contributed by atoms with Crippen molar-refractivity contribution in [1.29, 1.82) is 0 Å². The van der Waals surface area contributed by atoms with Crippen LogP contribution in [0.25, 0.3) is 0 Å². The Bertz CT molecular complexity index is 272. The van der Waals surface area contributed by atoms with Gasteiger partial charge in [-0.25, -0.2) is 4.99 Å². The molecule has 78 valence electrons. The predicted molar refractivity (Wildman–Crippen MR) is 62.7 cm³/mol. The zero-order valence-corrected chi connectivity index (χ0v) is 9.50. The van der Waals surface area contributed by atoms with E-state index in [0.717, 1.165) is 18.0 Å². The van der Waals surface area contributed by atoms with Crippen molar-refractivity contribution in [3.63, 3.8) is 0 Å². The molecule has 0 aromatic heterocycles. The van der Waals surface area contributed by atoms with E-state index in [1.165, 1.54) is 5.57 Å². The van der Waals surface area contributed by atoms with Crippen LogP contribution in [0.1, 0.15) is 20.8 Å². The average molecular weight is 193 g/mol. The average Bonchev–Trinajstić information content (AvgIpc) is 2.59. The molecule has 2 nitrogen and oxygen atoms in total. The maximum atomic E-state index is 5.07. The van der Waals surface area contributed by atoms with Gasteiger partial charge in [0.15, 0.2) is 0 Å². The Morgan fingerprint density at radius 1 is 1.43 bits per heavy atom. The minimum absolute atomic E-state index is 0.722. The van der Waals surface area contributed by atoms with Crippen LogP contribution in [0.4, 0.5) is 0 Å². The second-order valence-corrected chi connectivity index (χ2v) is 2.57. The molecule has 0 saturated carbocycles. The van der Waals surface area contributed by atoms with Crippen molar-refractivity contribution in [3.05, 3.63) is 36.0 Å². The molecule has 0 unspecified atom stereocenters. The third-order valence-corrected chi connectivity index (χ3v) is 1.82. The van der Waals surface area contributed by atoms with E-state index < -0.39 is 0 Å². The molecule has 2 heteroatoms. The summed E-state index contributed by atoms with van der Waals surface area (Å²) < 4.78 is 5.07. The minimum Gasteiger partial charge on any atom is -0.481 e. The Kier molecular flexibility index (Phi) is 6.46. The van der Waals surface area contributed by atoms with Crippen LogP contribution in [0, 0.1) is 0 Å². The lowest BCUT2D eigenvalue weighted by Crippen LogP contribution is -1.98. The van der Waals surface area contributed by atoms with E-state index in [1.807, 2.05) is 32.9 Å². The van der Waals surface area contributed by atoms with Crippen LogP contribution >= 0.6 is 0 Å². The molecule has 1 aliphatic heterocycles. The molecular formula is C12H19NO. The zero-order chi connectivity index (χ0) is 11.0. The Hall–Kier alpha value is -1.31. The van der Waals surface area contributed by atoms with Crippen LogP contribution in [-0.4, -0.2) is 19.6 Å². The van der Waals surface area contributed by atoms with Crippen molar-refractivity contribution in [2.45, 2.75) is 20.8 Å². The number of hydrogen-bond donors (Lipinski definition) is 0. The lowest BCUT2D eigenvalue weighted by Gasteiger charge is -1.98. The monoisotopic (exact) mass is 193 g/mol. The van der Waals surface area contributed by atoms with Gasteiger partial charge in [-0.2, -0.15) is 0 Å². The topological polar surface area (TPSA) is 21.6 Å². The van der Waals surface area contributed by atoms with E-state index in [9.17, 15) is 0 Å². The molecular weight excluding hydrogens is 174 g/mol. The molecule has 0 bridgehead atoms. The molecule has 0 amide bonds. The van der Waals surface area contributed by atoms with Crippen molar-refractivity contribution in [3.8, 4) is 0 Å². The van der Waals surface area contributed by atoms with Crippen LogP contribution in [0.15, 0.2) is 40.9 Å². The summed E-state index contributed by atoms with van der Waals surface area (Å²) in [5, 5.41) is 0. The lowest BCUT2D eigenvalue weighted by molar-refractivity contribution is 0.404. The summed E-state index contributed by atoms with van der Waals surface area (Å²) in [6.07, 6.45) is 5.68. The SMILES string of the molecule is C=C/C=C\C1=C(C)C(OC)=NC1.CC. The molecule has 1 heterocycles. The maximum Gasteiger partial charge on any atom is 0.211 e. The van der Waals surface area contributed by atoms with Gasteiger partial charge in [0.05, 0.1) is 13.7 Å². The fraction of sp³-hybridized carbons (Fsp3) is 0.417. The Morgan fingerprint density at radius 3 is 2.50 bits per heavy atom. The van der Waals surface area contributed by atoms with Crippen LogP contribution < -0.4 is 0 Å². The van der Waals surface area contributed by atoms with Crippen LogP contribution in [0.3, 0.4) is 0 Å². The highest BCUT2D eigenvalue weighted by Gasteiger charge is 2.12. The molecule has 0 aromatic carbocycles. The number of nitrogens with zero attached hydrogens (tertiary/aromatic N) is 1. The normalized spacial score (nSPS) is 15.0. The highest BCUT2D eigenvalue weighted by atomic mass is 16.5. The number of hydrogen-bond acceptors (Lipinski definition) is 2. The number of allylic oxidation sites excluding steroid dienone is 2. The van der Waals surface area contributed by atoms with Gasteiger partial charge in [-0.05, 0) is 12.5 Å². The molecule has 0 fully saturated rings. The highest BCUT2D eigenvalue weighted by molar-refractivity contribution is 5.96. The summed E-state index contributed by atoms with van der Waals surface area (Å²) in [4.78, 5) is 4.20. The van der Waals surface area contributed by atoms with Crippen LogP contribution in [-0.2, 0) is 4.74 Å². The van der Waals surface area contributed by atoms with Crippen molar-refractivity contribution in [2.75, 3.05) is 13.7 Å². The summed E-state index contributed by atoms with van der Waals surface area (Å²) in [6.45, 7) is 10.3. The van der Waals surface area contributed by atoms with Gasteiger partial charge in [-0.15, -0.1) is 0 Å². The summed E-state index contributed by atoms with van der Waals surface area (Å²) in [7, 11) is 1.64. The van der Waals surface area contributed by atoms with Gasteiger partial charge in [-0.1, -0.05) is 38.7 Å². The molecule has 14 heavy (non-hydrogen) atoms. The van der Waals surface area contributed by atoms with Crippen molar-refractivity contribution in [1.82, 2.24) is 0 Å². The first-order chi connectivity index (χ1) is 6.79. The van der Waals surface area contributed by atoms with Gasteiger partial charge >= 0.3 is 0 Å². The molecule has 0 spiro atoms. The molecule has 0 atom stereocenters. The molecule has 1 aliphatic rings. The van der Waals surface area contributed by atoms with E-state index >= 15 is 0 Å². The van der Waals surface area contributed by atoms with E-state index in [2.05, 4.69) is 11.6 Å². The van der Waals surface area contributed by atoms with Gasteiger partial charge in [0.1, 0.15) is 0 Å². The Labute approximate surface area is 86.7 Å². The summed E-state index contributed by atoms with van der Waals surface area (Å²) in [5.41, 5.74) is 2.32. The molecule has 0 aliphatic carbocycles. The summed E-state index contributed by atoms with van der Waals surface area (Å²) in [6, 6.07) is 0. The first-order valence-electron chi connectivity index (χ1n) is 4.87. The van der Waals surface area contributed by atoms with Crippen LogP contribution in [0.2, 0.25) is 0 Å². The first-order valence-corrected chi connectivity index (χ1v) is 4.87. The van der Waals surface area contributed by atoms with E-state index in [4.69, 9.17) is 4.74 Å². The van der Waals surface area contributed by atoms with E-state index in [1.54, 1.807) is 13.2 Å². The quantitative estimate of drug-likeness (QED) is 0.617. The fourth-order valence-electron chi connectivity index (χ4n) is 1.11. The Balaban J connectivity index is 0.000000791. The van der Waals surface area contributed by atoms with Gasteiger partial charge in [0.25, 0.3) is 0 Å². The largest absolute Gasteiger partial charge is 0.481 e. The van der Waals surface area contributed by atoms with E-state index in [0.29, 0.717) is 0 Å². The van der Waals surface area contributed by atoms with Gasteiger partial charge in [-0.3, -0.25) is 0 Å². The second-order valence-electron chi connectivity index (χ2n) is 2.57. The second kappa shape index (κ2) is 7.13. The number of aliphatic imine (C=N–C) groups is 1. The molecule has 0 aromatic rings. The molecule has 0 radical (unpaired) electrons. The molecule has 0 saturated heterocycles. The summed E-state index contributed by atoms with van der Waals surface area (Å²) >= 11 is 0.